The molecule has 5 aromatic rings. The Hall–Kier alpha value is -3.45. The van der Waals surface area contributed by atoms with E-state index in [0.717, 1.165) is 41.0 Å². The highest BCUT2D eigenvalue weighted by molar-refractivity contribution is 7.19. The van der Waals surface area contributed by atoms with E-state index in [0.29, 0.717) is 22.8 Å². The molecule has 2 aromatic heterocycles. The van der Waals surface area contributed by atoms with Crippen molar-refractivity contribution in [1.29, 1.82) is 0 Å². The largest absolute Gasteiger partial charge is 0.341 e. The summed E-state index contributed by atoms with van der Waals surface area (Å²) >= 11 is 7.98. The summed E-state index contributed by atoms with van der Waals surface area (Å²) in [5.41, 5.74) is 4.35. The van der Waals surface area contributed by atoms with Crippen LogP contribution in [-0.2, 0) is 6.42 Å². The standard InChI is InChI=1S/C36H39ClN4OS/c1-23(2)21-40(22-24(3)4)36-38-34-31(35(42)41(36)28-18-16-27(37)17-19-28)29-20-30(25-12-8-6-9-13-25)39(5)32(33(29)43-34)26-14-10-7-11-15-26/h6-19,23-24,30,32H,20-22H2,1-5H3. The Morgan fingerprint density at radius 1 is 0.884 bits per heavy atom. The van der Waals surface area contributed by atoms with E-state index in [9.17, 15) is 4.79 Å². The molecular formula is C36H39ClN4OS. The molecule has 7 heteroatoms. The molecule has 0 saturated heterocycles. The van der Waals surface area contributed by atoms with Crippen LogP contribution in [0.5, 0.6) is 0 Å². The third kappa shape index (κ3) is 5.76. The molecule has 0 saturated carbocycles. The van der Waals surface area contributed by atoms with E-state index >= 15 is 0 Å². The first-order chi connectivity index (χ1) is 20.7. The summed E-state index contributed by atoms with van der Waals surface area (Å²) in [5, 5.41) is 1.38. The molecule has 2 unspecified atom stereocenters. The van der Waals surface area contributed by atoms with Gasteiger partial charge in [-0.05, 0) is 66.3 Å². The number of likely N-dealkylation sites (N-methyl/N-ethyl adjacent to an activating group) is 1. The molecule has 0 bridgehead atoms. The number of fused-ring (bicyclic) bond motifs is 3. The van der Waals surface area contributed by atoms with E-state index in [4.69, 9.17) is 16.6 Å². The predicted octanol–water partition coefficient (Wildman–Crippen LogP) is 8.54. The third-order valence-electron chi connectivity index (χ3n) is 8.22. The second-order valence-corrected chi connectivity index (χ2v) is 13.9. The number of thiophene rings is 1. The van der Waals surface area contributed by atoms with Gasteiger partial charge in [0, 0.05) is 29.0 Å². The van der Waals surface area contributed by atoms with E-state index in [-0.39, 0.29) is 17.6 Å². The Morgan fingerprint density at radius 3 is 2.05 bits per heavy atom. The number of anilines is 1. The number of hydrogen-bond acceptors (Lipinski definition) is 5. The van der Waals surface area contributed by atoms with Crippen molar-refractivity contribution < 1.29 is 0 Å². The number of hydrogen-bond donors (Lipinski definition) is 0. The minimum Gasteiger partial charge on any atom is -0.341 e. The summed E-state index contributed by atoms with van der Waals surface area (Å²) in [5.74, 6) is 1.51. The van der Waals surface area contributed by atoms with Crippen LogP contribution >= 0.6 is 22.9 Å². The van der Waals surface area contributed by atoms with Crippen molar-refractivity contribution >= 4 is 39.1 Å². The zero-order valence-electron chi connectivity index (χ0n) is 25.5. The second-order valence-electron chi connectivity index (χ2n) is 12.5. The van der Waals surface area contributed by atoms with Gasteiger partial charge in [0.05, 0.1) is 17.1 Å². The minimum atomic E-state index is -0.0134. The maximum atomic E-state index is 14.9. The van der Waals surface area contributed by atoms with Gasteiger partial charge in [0.15, 0.2) is 0 Å². The predicted molar refractivity (Wildman–Crippen MR) is 181 cm³/mol. The van der Waals surface area contributed by atoms with Gasteiger partial charge in [-0.25, -0.2) is 9.55 Å². The number of halogens is 1. The van der Waals surface area contributed by atoms with Crippen LogP contribution < -0.4 is 10.5 Å². The molecule has 0 N–H and O–H groups in total. The smallest absolute Gasteiger partial charge is 0.268 e. The summed E-state index contributed by atoms with van der Waals surface area (Å²) in [6.07, 6.45) is 0.748. The van der Waals surface area contributed by atoms with Gasteiger partial charge in [-0.2, -0.15) is 0 Å². The monoisotopic (exact) mass is 610 g/mol. The Morgan fingerprint density at radius 2 is 1.47 bits per heavy atom. The van der Waals surface area contributed by atoms with Crippen LogP contribution in [0.4, 0.5) is 5.95 Å². The summed E-state index contributed by atoms with van der Waals surface area (Å²) in [4.78, 5) is 27.0. The molecule has 0 radical (unpaired) electrons. The molecule has 5 nitrogen and oxygen atoms in total. The summed E-state index contributed by atoms with van der Waals surface area (Å²) < 4.78 is 1.82. The quantitative estimate of drug-likeness (QED) is 0.177. The Bertz CT molecular complexity index is 1750. The van der Waals surface area contributed by atoms with E-state index in [1.807, 2.05) is 28.8 Å². The van der Waals surface area contributed by atoms with Crippen molar-refractivity contribution in [2.45, 2.75) is 46.2 Å². The lowest BCUT2D eigenvalue weighted by Gasteiger charge is -2.40. The Kier molecular flexibility index (Phi) is 8.45. The average Bonchev–Trinajstić information content (AvgIpc) is 3.35. The highest BCUT2D eigenvalue weighted by atomic mass is 35.5. The zero-order chi connectivity index (χ0) is 30.2. The maximum absolute atomic E-state index is 14.9. The molecule has 1 aliphatic heterocycles. The highest BCUT2D eigenvalue weighted by Crippen LogP contribution is 2.48. The van der Waals surface area contributed by atoms with Crippen LogP contribution in [-0.4, -0.2) is 34.6 Å². The SMILES string of the molecule is CC(C)CN(CC(C)C)c1nc2sc3c(c2c(=O)n1-c1ccc(Cl)cc1)CC(c1ccccc1)N(C)C3c1ccccc1. The molecule has 0 spiro atoms. The number of rotatable bonds is 8. The zero-order valence-corrected chi connectivity index (χ0v) is 27.1. The average molecular weight is 611 g/mol. The van der Waals surface area contributed by atoms with E-state index in [2.05, 4.69) is 105 Å². The maximum Gasteiger partial charge on any atom is 0.268 e. The summed E-state index contributed by atoms with van der Waals surface area (Å²) in [7, 11) is 2.21. The Labute approximate surface area is 263 Å². The minimum absolute atomic E-state index is 0.0134. The van der Waals surface area contributed by atoms with Crippen molar-refractivity contribution in [3.05, 3.63) is 122 Å². The first-order valence-electron chi connectivity index (χ1n) is 15.1. The van der Waals surface area contributed by atoms with Crippen LogP contribution in [0.2, 0.25) is 5.02 Å². The van der Waals surface area contributed by atoms with Gasteiger partial charge in [0.1, 0.15) is 4.83 Å². The fourth-order valence-electron chi connectivity index (χ4n) is 6.44. The topological polar surface area (TPSA) is 41.4 Å². The van der Waals surface area contributed by atoms with E-state index in [1.54, 1.807) is 11.3 Å². The Balaban J connectivity index is 1.64. The van der Waals surface area contributed by atoms with Gasteiger partial charge in [-0.15, -0.1) is 11.3 Å². The van der Waals surface area contributed by atoms with Crippen molar-refractivity contribution in [2.75, 3.05) is 25.0 Å². The van der Waals surface area contributed by atoms with Crippen LogP contribution in [0.25, 0.3) is 15.9 Å². The van der Waals surface area contributed by atoms with Crippen molar-refractivity contribution in [2.24, 2.45) is 11.8 Å². The highest BCUT2D eigenvalue weighted by Gasteiger charge is 2.38. The van der Waals surface area contributed by atoms with Gasteiger partial charge in [0.25, 0.3) is 5.56 Å². The van der Waals surface area contributed by atoms with Gasteiger partial charge in [-0.1, -0.05) is 100.0 Å². The number of aromatic nitrogens is 2. The second kappa shape index (κ2) is 12.3. The molecule has 0 aliphatic carbocycles. The lowest BCUT2D eigenvalue weighted by atomic mass is 9.87. The van der Waals surface area contributed by atoms with Gasteiger partial charge >= 0.3 is 0 Å². The molecule has 0 amide bonds. The van der Waals surface area contributed by atoms with Crippen LogP contribution in [0.3, 0.4) is 0 Å². The molecule has 1 aliphatic rings. The molecular weight excluding hydrogens is 572 g/mol. The van der Waals surface area contributed by atoms with E-state index < -0.39 is 0 Å². The molecule has 6 rings (SSSR count). The van der Waals surface area contributed by atoms with Crippen molar-refractivity contribution in [3.63, 3.8) is 0 Å². The molecule has 0 fully saturated rings. The molecule has 3 aromatic carbocycles. The third-order valence-corrected chi connectivity index (χ3v) is 9.65. The summed E-state index contributed by atoms with van der Waals surface area (Å²) in [6, 6.07) is 29.0. The normalized spacial score (nSPS) is 17.1. The van der Waals surface area contributed by atoms with Gasteiger partial charge < -0.3 is 4.90 Å². The van der Waals surface area contributed by atoms with Crippen molar-refractivity contribution in [3.8, 4) is 5.69 Å². The lowest BCUT2D eigenvalue weighted by molar-refractivity contribution is 0.185. The number of nitrogens with zero attached hydrogens (tertiary/aromatic N) is 4. The van der Waals surface area contributed by atoms with Crippen LogP contribution in [0.1, 0.15) is 61.3 Å². The first kappa shape index (κ1) is 29.6. The molecule has 2 atom stereocenters. The van der Waals surface area contributed by atoms with Crippen molar-refractivity contribution in [1.82, 2.24) is 14.5 Å². The molecule has 222 valence electrons. The lowest BCUT2D eigenvalue weighted by Crippen LogP contribution is -2.37. The molecule has 43 heavy (non-hydrogen) atoms. The van der Waals surface area contributed by atoms with Gasteiger partial charge in [-0.3, -0.25) is 9.69 Å². The first-order valence-corrected chi connectivity index (χ1v) is 16.3. The fourth-order valence-corrected chi connectivity index (χ4v) is 7.94. The summed E-state index contributed by atoms with van der Waals surface area (Å²) in [6.45, 7) is 10.5. The van der Waals surface area contributed by atoms with E-state index in [1.165, 1.54) is 16.0 Å². The van der Waals surface area contributed by atoms with Crippen LogP contribution in [0, 0.1) is 11.8 Å². The van der Waals surface area contributed by atoms with Gasteiger partial charge in [0.2, 0.25) is 5.95 Å². The molecule has 3 heterocycles. The number of benzene rings is 3. The van der Waals surface area contributed by atoms with Crippen LogP contribution in [0.15, 0.2) is 89.7 Å². The fraction of sp³-hybridized carbons (Fsp3) is 0.333.